The zero-order chi connectivity index (χ0) is 44.6. The van der Waals surface area contributed by atoms with Gasteiger partial charge in [-0.2, -0.15) is 19.2 Å². The van der Waals surface area contributed by atoms with E-state index in [0.29, 0.717) is 29.6 Å². The van der Waals surface area contributed by atoms with E-state index < -0.39 is 0 Å². The lowest BCUT2D eigenvalue weighted by Crippen LogP contribution is -2.06. The monoisotopic (exact) mass is 953 g/mol. The van der Waals surface area contributed by atoms with E-state index in [0.717, 1.165) is 75.6 Å². The number of ether oxygens (including phenoxy) is 5. The van der Waals surface area contributed by atoms with Crippen molar-refractivity contribution in [1.82, 2.24) is 74.2 Å². The Morgan fingerprint density at radius 2 is 1.45 bits per heavy atom. The Labute approximate surface area is 387 Å². The summed E-state index contributed by atoms with van der Waals surface area (Å²) in [6, 6.07) is 25.3. The third-order valence-corrected chi connectivity index (χ3v) is 13.7. The number of rotatable bonds is 9. The number of thiophene rings is 1. The molecule has 3 aromatic carbocycles. The van der Waals surface area contributed by atoms with Crippen LogP contribution >= 0.6 is 45.3 Å². The van der Waals surface area contributed by atoms with Crippen molar-refractivity contribution >= 4 is 71.3 Å². The normalized spacial score (nSPS) is 11.8. The van der Waals surface area contributed by atoms with Crippen molar-refractivity contribution in [3.05, 3.63) is 114 Å². The van der Waals surface area contributed by atoms with Crippen LogP contribution < -0.4 is 23.7 Å². The molecule has 0 N–H and O–H groups in total. The van der Waals surface area contributed by atoms with Crippen LogP contribution in [0.25, 0.3) is 69.0 Å². The van der Waals surface area contributed by atoms with Crippen LogP contribution in [-0.4, -0.2) is 102 Å². The SMILES string of the molecule is COc1cc(-c2nnc3sc(-c4cccs4)cn23)cc(OC)c1OC.c1cc(-c2nnc3scnn23)ccn1.c1ccc2c(c1)nnn2Cc1nnc2sc(-c3ccc4c(c3)OCO4)nn12. The van der Waals surface area contributed by atoms with E-state index in [2.05, 4.69) is 73.7 Å². The van der Waals surface area contributed by atoms with Gasteiger partial charge in [0.15, 0.2) is 40.5 Å². The molecule has 0 unspecified atom stereocenters. The van der Waals surface area contributed by atoms with Crippen LogP contribution in [-0.2, 0) is 6.54 Å². The van der Waals surface area contributed by atoms with Gasteiger partial charge in [-0.1, -0.05) is 57.4 Å². The number of para-hydroxylation sites is 1. The molecule has 328 valence electrons. The molecule has 9 aromatic heterocycles. The van der Waals surface area contributed by atoms with E-state index in [-0.39, 0.29) is 6.79 Å². The summed E-state index contributed by atoms with van der Waals surface area (Å²) in [6.07, 6.45) is 5.51. The highest BCUT2D eigenvalue weighted by Gasteiger charge is 2.21. The summed E-state index contributed by atoms with van der Waals surface area (Å²) in [4.78, 5) is 8.69. The summed E-state index contributed by atoms with van der Waals surface area (Å²) in [5.74, 6) is 5.39. The predicted octanol–water partition coefficient (Wildman–Crippen LogP) is 7.83. The molecule has 12 aromatic rings. The fraction of sp³-hybridized carbons (Fsp3) is 0.119. The number of hydrogen-bond donors (Lipinski definition) is 0. The number of pyridine rings is 1. The van der Waals surface area contributed by atoms with Crippen LogP contribution in [0.1, 0.15) is 5.82 Å². The second-order valence-electron chi connectivity index (χ2n) is 13.9. The molecular weight excluding hydrogens is 923 g/mol. The molecule has 0 saturated heterocycles. The molecule has 20 nitrogen and oxygen atoms in total. The second-order valence-corrected chi connectivity index (χ2v) is 17.6. The van der Waals surface area contributed by atoms with Crippen molar-refractivity contribution in [3.63, 3.8) is 0 Å². The van der Waals surface area contributed by atoms with Crippen LogP contribution in [0.5, 0.6) is 28.7 Å². The molecular formula is C42H31N15O5S4. The Hall–Kier alpha value is -7.93. The highest BCUT2D eigenvalue weighted by Crippen LogP contribution is 2.42. The number of thiazole rings is 1. The van der Waals surface area contributed by atoms with Gasteiger partial charge in [-0.05, 0) is 66.0 Å². The number of benzene rings is 3. The summed E-state index contributed by atoms with van der Waals surface area (Å²) in [5, 5.41) is 45.3. The van der Waals surface area contributed by atoms with Crippen molar-refractivity contribution in [3.8, 4) is 71.8 Å². The smallest absolute Gasteiger partial charge is 0.235 e. The standard InChI is InChI=1S/C17H11N7O2S.C17H15N3O3S2.C8H5N5S/c1-2-4-12-11(3-1)18-22-23(12)8-15-19-20-17-24(15)21-16(27-17)10-5-6-13-14(7-10)26-9-25-13;1-21-11-7-10(8-12(22-2)15(11)23-3)16-18-19-17-20(16)9-14(25-17)13-5-4-6-24-13;1-3-9-4-2-6(1)7-11-12-8-13(7)10-5-14-8/h1-7H,8-9H2;4-9H,1-3H3;1-5H. The van der Waals surface area contributed by atoms with E-state index in [1.807, 2.05) is 77.2 Å². The summed E-state index contributed by atoms with van der Waals surface area (Å²) in [5.41, 5.74) is 6.30. The number of aromatic nitrogens is 15. The first-order valence-corrected chi connectivity index (χ1v) is 23.1. The fourth-order valence-corrected chi connectivity index (χ4v) is 10.1. The van der Waals surface area contributed by atoms with E-state index in [1.54, 1.807) is 75.6 Å². The van der Waals surface area contributed by atoms with Gasteiger partial charge >= 0.3 is 0 Å². The molecule has 66 heavy (non-hydrogen) atoms. The Morgan fingerprint density at radius 3 is 2.27 bits per heavy atom. The Bertz CT molecular complexity index is 3590. The zero-order valence-corrected chi connectivity index (χ0v) is 38.0. The molecule has 13 rings (SSSR count). The third kappa shape index (κ3) is 7.65. The predicted molar refractivity (Wildman–Crippen MR) is 248 cm³/mol. The van der Waals surface area contributed by atoms with Gasteiger partial charge in [-0.3, -0.25) is 9.38 Å². The minimum Gasteiger partial charge on any atom is -0.493 e. The van der Waals surface area contributed by atoms with Crippen molar-refractivity contribution in [2.24, 2.45) is 0 Å². The van der Waals surface area contributed by atoms with E-state index in [9.17, 15) is 0 Å². The first-order chi connectivity index (χ1) is 32.5. The number of nitrogens with zero attached hydrogens (tertiary/aromatic N) is 15. The lowest BCUT2D eigenvalue weighted by Gasteiger charge is -2.13. The van der Waals surface area contributed by atoms with Crippen molar-refractivity contribution in [2.75, 3.05) is 28.1 Å². The van der Waals surface area contributed by atoms with Crippen LogP contribution in [0.4, 0.5) is 0 Å². The number of methoxy groups -OCH3 is 3. The summed E-state index contributed by atoms with van der Waals surface area (Å²) >= 11 is 6.25. The zero-order valence-electron chi connectivity index (χ0n) is 34.7. The van der Waals surface area contributed by atoms with Gasteiger partial charge in [-0.15, -0.1) is 47.0 Å². The highest BCUT2D eigenvalue weighted by molar-refractivity contribution is 7.24. The van der Waals surface area contributed by atoms with Gasteiger partial charge < -0.3 is 23.7 Å². The molecule has 24 heteroatoms. The molecule has 1 aliphatic rings. The third-order valence-electron chi connectivity index (χ3n) is 10.1. The van der Waals surface area contributed by atoms with Gasteiger partial charge in [0.2, 0.25) is 27.4 Å². The van der Waals surface area contributed by atoms with E-state index in [1.165, 1.54) is 27.6 Å². The van der Waals surface area contributed by atoms with Gasteiger partial charge in [-0.25, -0.2) is 4.68 Å². The maximum Gasteiger partial charge on any atom is 0.235 e. The lowest BCUT2D eigenvalue weighted by atomic mass is 10.1. The van der Waals surface area contributed by atoms with Crippen molar-refractivity contribution < 1.29 is 23.7 Å². The van der Waals surface area contributed by atoms with Crippen LogP contribution in [0, 0.1) is 0 Å². The van der Waals surface area contributed by atoms with Gasteiger partial charge in [0.05, 0.1) is 31.7 Å². The van der Waals surface area contributed by atoms with Gasteiger partial charge in [0, 0.05) is 40.2 Å². The summed E-state index contributed by atoms with van der Waals surface area (Å²) < 4.78 is 34.3. The molecule has 0 radical (unpaired) electrons. The van der Waals surface area contributed by atoms with Crippen molar-refractivity contribution in [2.45, 2.75) is 6.54 Å². The molecule has 10 heterocycles. The first-order valence-electron chi connectivity index (χ1n) is 19.7. The minimum absolute atomic E-state index is 0.250. The Balaban J connectivity index is 0.000000115. The number of fused-ring (bicyclic) bond motifs is 5. The Morgan fingerprint density at radius 1 is 0.652 bits per heavy atom. The summed E-state index contributed by atoms with van der Waals surface area (Å²) in [7, 11) is 4.78. The first kappa shape index (κ1) is 40.8. The Kier molecular flexibility index (Phi) is 10.9. The maximum atomic E-state index is 5.45. The fourth-order valence-electron chi connectivity index (χ4n) is 6.96. The quantitative estimate of drug-likeness (QED) is 0.135. The summed E-state index contributed by atoms with van der Waals surface area (Å²) in [6.45, 7) is 0.686. The van der Waals surface area contributed by atoms with Gasteiger partial charge in [0.1, 0.15) is 22.6 Å². The topological polar surface area (TPSA) is 206 Å². The van der Waals surface area contributed by atoms with Crippen LogP contribution in [0.15, 0.2) is 108 Å². The maximum absolute atomic E-state index is 5.45. The van der Waals surface area contributed by atoms with E-state index in [4.69, 9.17) is 23.7 Å². The van der Waals surface area contributed by atoms with Crippen LogP contribution in [0.3, 0.4) is 0 Å². The molecule has 0 saturated carbocycles. The average molecular weight is 954 g/mol. The molecule has 0 atom stereocenters. The highest BCUT2D eigenvalue weighted by atomic mass is 32.1. The molecule has 0 bridgehead atoms. The number of hydrogen-bond acceptors (Lipinski definition) is 20. The molecule has 0 aliphatic carbocycles. The minimum atomic E-state index is 0.250. The second kappa shape index (κ2) is 17.6. The average Bonchev–Trinajstić information content (AvgIpc) is 4.20. The molecule has 0 spiro atoms. The molecule has 0 amide bonds. The largest absolute Gasteiger partial charge is 0.493 e. The van der Waals surface area contributed by atoms with Crippen molar-refractivity contribution in [1.29, 1.82) is 0 Å². The van der Waals surface area contributed by atoms with Crippen LogP contribution in [0.2, 0.25) is 0 Å². The van der Waals surface area contributed by atoms with E-state index >= 15 is 0 Å². The van der Waals surface area contributed by atoms with Gasteiger partial charge in [0.25, 0.3) is 0 Å². The lowest BCUT2D eigenvalue weighted by molar-refractivity contribution is 0.174. The molecule has 0 fully saturated rings. The molecule has 1 aliphatic heterocycles.